The molecule has 0 radical (unpaired) electrons. The van der Waals surface area contributed by atoms with Crippen molar-refractivity contribution in [3.05, 3.63) is 64.7 Å². The highest BCUT2D eigenvalue weighted by Crippen LogP contribution is 2.36. The maximum atomic E-state index is 6.14. The number of benzene rings is 2. The van der Waals surface area contributed by atoms with Crippen molar-refractivity contribution in [2.24, 2.45) is 0 Å². The van der Waals surface area contributed by atoms with Crippen molar-refractivity contribution in [3.63, 3.8) is 0 Å². The van der Waals surface area contributed by atoms with Crippen LogP contribution in [0.15, 0.2) is 48.5 Å². The summed E-state index contributed by atoms with van der Waals surface area (Å²) in [7, 11) is 1.78. The predicted octanol–water partition coefficient (Wildman–Crippen LogP) is 5.28. The maximum absolute atomic E-state index is 6.14. The van der Waals surface area contributed by atoms with E-state index in [9.17, 15) is 0 Å². The topological polar surface area (TPSA) is 15.7 Å². The van der Waals surface area contributed by atoms with Crippen LogP contribution in [0.3, 0.4) is 0 Å². The summed E-state index contributed by atoms with van der Waals surface area (Å²) in [5.74, 6) is 1.03. The lowest BCUT2D eigenvalue weighted by molar-refractivity contribution is 0.256. The molecule has 0 saturated carbocycles. The molecule has 2 aromatic rings. The van der Waals surface area contributed by atoms with E-state index in [0.717, 1.165) is 62.8 Å². The third kappa shape index (κ3) is 4.37. The quantitative estimate of drug-likeness (QED) is 0.660. The monoisotopic (exact) mass is 396 g/mol. The molecule has 0 amide bonds. The molecule has 0 unspecified atom stereocenters. The molecule has 2 aromatic carbocycles. The molecule has 4 rings (SSSR count). The van der Waals surface area contributed by atoms with Crippen LogP contribution in [-0.2, 0) is 6.42 Å². The molecule has 1 saturated heterocycles. The van der Waals surface area contributed by atoms with Gasteiger partial charge in [-0.2, -0.15) is 0 Å². The fourth-order valence-electron chi connectivity index (χ4n) is 4.45. The summed E-state index contributed by atoms with van der Waals surface area (Å²) >= 11 is 6.14. The van der Waals surface area contributed by atoms with Crippen molar-refractivity contribution in [2.75, 3.05) is 44.7 Å². The number of halogens is 1. The first kappa shape index (κ1) is 19.4. The van der Waals surface area contributed by atoms with Crippen molar-refractivity contribution in [1.82, 2.24) is 4.90 Å². The Morgan fingerprint density at radius 1 is 1.04 bits per heavy atom. The highest BCUT2D eigenvalue weighted by Gasteiger charge is 2.19. The van der Waals surface area contributed by atoms with Gasteiger partial charge in [0, 0.05) is 42.5 Å². The molecule has 0 atom stereocenters. The zero-order chi connectivity index (χ0) is 19.3. The molecular formula is C24H29ClN2O. The molecule has 3 nitrogen and oxygen atoms in total. The third-order valence-corrected chi connectivity index (χ3v) is 6.16. The van der Waals surface area contributed by atoms with Gasteiger partial charge in [-0.05, 0) is 67.6 Å². The number of anilines is 1. The van der Waals surface area contributed by atoms with E-state index >= 15 is 0 Å². The smallest absolute Gasteiger partial charge is 0.126 e. The lowest BCUT2D eigenvalue weighted by atomic mass is 9.87. The number of hydrogen-bond donors (Lipinski definition) is 0. The number of rotatable bonds is 6. The van der Waals surface area contributed by atoms with Gasteiger partial charge in [0.05, 0.1) is 7.11 Å². The number of nitrogens with zero attached hydrogens (tertiary/aromatic N) is 2. The fourth-order valence-corrected chi connectivity index (χ4v) is 4.63. The summed E-state index contributed by atoms with van der Waals surface area (Å²) in [6, 6.07) is 14.6. The molecule has 1 aliphatic heterocycles. The second-order valence-electron chi connectivity index (χ2n) is 7.67. The minimum atomic E-state index is 0.816. The summed E-state index contributed by atoms with van der Waals surface area (Å²) in [4.78, 5) is 5.03. The van der Waals surface area contributed by atoms with E-state index < -0.39 is 0 Å². The Morgan fingerprint density at radius 2 is 1.86 bits per heavy atom. The number of ether oxygens (including phenoxy) is 1. The Kier molecular flexibility index (Phi) is 6.23. The Bertz CT molecular complexity index is 840. The van der Waals surface area contributed by atoms with Crippen LogP contribution >= 0.6 is 11.6 Å². The van der Waals surface area contributed by atoms with Crippen LogP contribution in [0.1, 0.15) is 30.4 Å². The van der Waals surface area contributed by atoms with Gasteiger partial charge in [0.1, 0.15) is 5.75 Å². The lowest BCUT2D eigenvalue weighted by Crippen LogP contribution is -2.46. The van der Waals surface area contributed by atoms with Crippen LogP contribution in [-0.4, -0.2) is 44.7 Å². The summed E-state index contributed by atoms with van der Waals surface area (Å²) in [6.45, 7) is 5.53. The number of methoxy groups -OCH3 is 1. The summed E-state index contributed by atoms with van der Waals surface area (Å²) in [5.41, 5.74) is 5.49. The van der Waals surface area contributed by atoms with E-state index in [0.29, 0.717) is 0 Å². The average Bonchev–Trinajstić information content (AvgIpc) is 2.74. The molecule has 1 heterocycles. The Hall–Kier alpha value is -1.97. The van der Waals surface area contributed by atoms with Crippen molar-refractivity contribution >= 4 is 22.9 Å². The largest absolute Gasteiger partial charge is 0.496 e. The van der Waals surface area contributed by atoms with Gasteiger partial charge < -0.3 is 9.64 Å². The van der Waals surface area contributed by atoms with Crippen molar-refractivity contribution < 1.29 is 4.74 Å². The molecular weight excluding hydrogens is 368 g/mol. The molecule has 0 spiro atoms. The fraction of sp³-hybridized carbons (Fsp3) is 0.417. The molecule has 28 heavy (non-hydrogen) atoms. The number of allylic oxidation sites excluding steroid dienone is 2. The van der Waals surface area contributed by atoms with Crippen molar-refractivity contribution in [2.45, 2.75) is 25.7 Å². The molecule has 0 bridgehead atoms. The summed E-state index contributed by atoms with van der Waals surface area (Å²) < 4.78 is 5.64. The second kappa shape index (κ2) is 9.02. The zero-order valence-corrected chi connectivity index (χ0v) is 17.4. The van der Waals surface area contributed by atoms with E-state index in [1.807, 2.05) is 12.1 Å². The Morgan fingerprint density at radius 3 is 2.64 bits per heavy atom. The van der Waals surface area contributed by atoms with Gasteiger partial charge in [-0.25, -0.2) is 0 Å². The van der Waals surface area contributed by atoms with E-state index in [1.165, 1.54) is 28.8 Å². The van der Waals surface area contributed by atoms with Gasteiger partial charge in [0.15, 0.2) is 0 Å². The number of aryl methyl sites for hydroxylation is 1. The van der Waals surface area contributed by atoms with E-state index in [2.05, 4.69) is 46.2 Å². The highest BCUT2D eigenvalue weighted by atomic mass is 35.5. The molecule has 2 aliphatic rings. The van der Waals surface area contributed by atoms with Gasteiger partial charge in [0.25, 0.3) is 0 Å². The molecule has 0 aromatic heterocycles. The normalized spacial score (nSPS) is 17.2. The molecule has 148 valence electrons. The van der Waals surface area contributed by atoms with Crippen LogP contribution in [0.4, 0.5) is 5.69 Å². The van der Waals surface area contributed by atoms with Gasteiger partial charge in [-0.1, -0.05) is 35.9 Å². The van der Waals surface area contributed by atoms with Crippen LogP contribution in [0.25, 0.3) is 5.57 Å². The standard InChI is InChI=1S/C24H29ClN2O/c1-28-23-12-3-8-19-6-2-7-20(24(19)23)9-5-13-26-14-16-27(17-15-26)22-11-4-10-21(25)18-22/h3-4,7-8,10-12,18H,2,5-6,9,13-17H2,1H3. The number of piperazine rings is 1. The van der Waals surface area contributed by atoms with Crippen LogP contribution in [0.2, 0.25) is 5.02 Å². The molecule has 1 fully saturated rings. The SMILES string of the molecule is COc1cccc2c1C(CCCN1CCN(c3cccc(Cl)c3)CC1)=CCC2. The highest BCUT2D eigenvalue weighted by molar-refractivity contribution is 6.30. The second-order valence-corrected chi connectivity index (χ2v) is 8.11. The van der Waals surface area contributed by atoms with Gasteiger partial charge in [-0.3, -0.25) is 4.90 Å². The number of hydrogen-bond acceptors (Lipinski definition) is 3. The van der Waals surface area contributed by atoms with Crippen molar-refractivity contribution in [3.8, 4) is 5.75 Å². The van der Waals surface area contributed by atoms with Gasteiger partial charge in [-0.15, -0.1) is 0 Å². The van der Waals surface area contributed by atoms with Crippen LogP contribution in [0.5, 0.6) is 5.75 Å². The summed E-state index contributed by atoms with van der Waals surface area (Å²) in [6.07, 6.45) is 7.01. The minimum absolute atomic E-state index is 0.816. The van der Waals surface area contributed by atoms with Gasteiger partial charge >= 0.3 is 0 Å². The molecule has 1 aliphatic carbocycles. The summed E-state index contributed by atoms with van der Waals surface area (Å²) in [5, 5.41) is 0.816. The van der Waals surface area contributed by atoms with Gasteiger partial charge in [0.2, 0.25) is 0 Å². The Balaban J connectivity index is 1.29. The van der Waals surface area contributed by atoms with Crippen molar-refractivity contribution in [1.29, 1.82) is 0 Å². The number of fused-ring (bicyclic) bond motifs is 1. The maximum Gasteiger partial charge on any atom is 0.126 e. The van der Waals surface area contributed by atoms with E-state index in [4.69, 9.17) is 16.3 Å². The average molecular weight is 397 g/mol. The molecule has 0 N–H and O–H groups in total. The lowest BCUT2D eigenvalue weighted by Gasteiger charge is -2.36. The minimum Gasteiger partial charge on any atom is -0.496 e. The Labute approximate surface area is 173 Å². The van der Waals surface area contributed by atoms with Crippen LogP contribution < -0.4 is 9.64 Å². The third-order valence-electron chi connectivity index (χ3n) is 5.92. The van der Waals surface area contributed by atoms with Crippen LogP contribution in [0, 0.1) is 0 Å². The first-order valence-electron chi connectivity index (χ1n) is 10.3. The predicted molar refractivity (Wildman–Crippen MR) is 119 cm³/mol. The first-order chi connectivity index (χ1) is 13.7. The first-order valence-corrected chi connectivity index (χ1v) is 10.7. The van der Waals surface area contributed by atoms with E-state index in [1.54, 1.807) is 7.11 Å². The molecule has 4 heteroatoms. The van der Waals surface area contributed by atoms with E-state index in [-0.39, 0.29) is 0 Å². The zero-order valence-electron chi connectivity index (χ0n) is 16.7.